The first-order chi connectivity index (χ1) is 21.3. The van der Waals surface area contributed by atoms with Crippen molar-refractivity contribution in [3.05, 3.63) is 53.6 Å². The largest absolute Gasteiger partial charge is 0.508 e. The second kappa shape index (κ2) is 10.2. The van der Waals surface area contributed by atoms with Gasteiger partial charge in [0.25, 0.3) is 0 Å². The number of piperazine rings is 1. The molecule has 4 atom stereocenters. The highest BCUT2D eigenvalue weighted by molar-refractivity contribution is 6.04. The van der Waals surface area contributed by atoms with Crippen molar-refractivity contribution >= 4 is 27.5 Å². The van der Waals surface area contributed by atoms with E-state index in [1.807, 2.05) is 0 Å². The molecule has 4 fully saturated rings. The van der Waals surface area contributed by atoms with Crippen LogP contribution in [0.3, 0.4) is 0 Å². The molecule has 4 aliphatic heterocycles. The van der Waals surface area contributed by atoms with E-state index in [2.05, 4.69) is 26.0 Å². The molecule has 4 aromatic rings. The number of benzene rings is 3. The molecule has 10 heteroatoms. The highest BCUT2D eigenvalue weighted by Crippen LogP contribution is 2.42. The number of alkyl halides is 1. The van der Waals surface area contributed by atoms with E-state index in [-0.39, 0.29) is 40.6 Å². The van der Waals surface area contributed by atoms with Gasteiger partial charge in [-0.1, -0.05) is 18.1 Å². The zero-order valence-electron chi connectivity index (χ0n) is 24.1. The molecule has 0 saturated carbocycles. The van der Waals surface area contributed by atoms with Crippen molar-refractivity contribution in [2.75, 3.05) is 37.7 Å². The van der Waals surface area contributed by atoms with Crippen molar-refractivity contribution in [1.82, 2.24) is 20.2 Å². The molecule has 7 nitrogen and oxygen atoms in total. The van der Waals surface area contributed by atoms with Crippen LogP contribution in [0.4, 0.5) is 19.0 Å². The summed E-state index contributed by atoms with van der Waals surface area (Å²) in [6.45, 7) is 2.87. The number of nitrogens with one attached hydrogen (secondary N) is 1. The van der Waals surface area contributed by atoms with E-state index >= 15 is 4.39 Å². The Hall–Kier alpha value is -4.07. The van der Waals surface area contributed by atoms with E-state index in [0.717, 1.165) is 32.2 Å². The number of hydrogen-bond donors (Lipinski definition) is 2. The molecule has 44 heavy (non-hydrogen) atoms. The molecule has 226 valence electrons. The van der Waals surface area contributed by atoms with E-state index in [1.54, 1.807) is 12.1 Å². The molecule has 0 spiro atoms. The van der Waals surface area contributed by atoms with Gasteiger partial charge in [0.05, 0.1) is 11.1 Å². The van der Waals surface area contributed by atoms with E-state index in [0.29, 0.717) is 60.1 Å². The maximum Gasteiger partial charge on any atom is 0.319 e. The Bertz CT molecular complexity index is 1850. The van der Waals surface area contributed by atoms with Crippen LogP contribution in [-0.4, -0.2) is 76.6 Å². The highest BCUT2D eigenvalue weighted by atomic mass is 19.1. The minimum atomic E-state index is -0.904. The number of phenolic OH excluding ortho intramolecular Hbond substituents is 1. The first-order valence-electron chi connectivity index (χ1n) is 15.3. The van der Waals surface area contributed by atoms with Gasteiger partial charge in [-0.25, -0.2) is 13.2 Å². The van der Waals surface area contributed by atoms with Crippen molar-refractivity contribution < 1.29 is 23.0 Å². The maximum atomic E-state index is 16.8. The molecule has 1 aromatic heterocycles. The fourth-order valence-electron chi connectivity index (χ4n) is 8.04. The lowest BCUT2D eigenvalue weighted by atomic mass is 9.93. The Morgan fingerprint density at radius 1 is 1.07 bits per heavy atom. The number of phenols is 1. The smallest absolute Gasteiger partial charge is 0.319 e. The number of aromatic nitrogens is 2. The highest BCUT2D eigenvalue weighted by Gasteiger charge is 2.49. The quantitative estimate of drug-likeness (QED) is 0.301. The van der Waals surface area contributed by atoms with Crippen LogP contribution in [0.5, 0.6) is 11.8 Å². The first kappa shape index (κ1) is 27.5. The van der Waals surface area contributed by atoms with Gasteiger partial charge in [-0.15, -0.1) is 6.42 Å². The molecule has 0 aliphatic carbocycles. The maximum absolute atomic E-state index is 16.8. The second-order valence-electron chi connectivity index (χ2n) is 12.7. The molecule has 4 saturated heterocycles. The number of anilines is 1. The summed E-state index contributed by atoms with van der Waals surface area (Å²) in [5.74, 6) is 1.62. The van der Waals surface area contributed by atoms with E-state index in [9.17, 15) is 13.9 Å². The van der Waals surface area contributed by atoms with Crippen LogP contribution in [0.2, 0.25) is 0 Å². The number of aromatic hydroxyl groups is 1. The van der Waals surface area contributed by atoms with Gasteiger partial charge >= 0.3 is 6.01 Å². The average molecular weight is 600 g/mol. The number of ether oxygens (including phenoxy) is 1. The van der Waals surface area contributed by atoms with Gasteiger partial charge < -0.3 is 20.1 Å². The number of rotatable bonds is 5. The van der Waals surface area contributed by atoms with Crippen LogP contribution < -0.4 is 15.0 Å². The standard InChI is InChI=1S/C34H32F3N5O2/c1-2-24-28(36)9-4-19-12-23(43)13-27(29(19)24)25-7-8-26-31(30(25)37)39-33(40-32(26)41-16-21-5-6-22(17-41)38-21)44-18-34-10-3-11-42(34)15-20(35)14-34/h1,4,7-9,12-13,20-22,38,43H,3,5-6,10-11,14-18H2/t20-,21?,22?,34?/m1/s1. The summed E-state index contributed by atoms with van der Waals surface area (Å²) in [5.41, 5.74) is 0.00827. The van der Waals surface area contributed by atoms with Crippen LogP contribution in [0.15, 0.2) is 36.4 Å². The van der Waals surface area contributed by atoms with Crippen LogP contribution >= 0.6 is 0 Å². The molecule has 2 N–H and O–H groups in total. The molecule has 4 aliphatic rings. The van der Waals surface area contributed by atoms with Gasteiger partial charge in [-0.2, -0.15) is 9.97 Å². The molecule has 8 rings (SSSR count). The Labute approximate surface area is 253 Å². The third-order valence-corrected chi connectivity index (χ3v) is 10.00. The van der Waals surface area contributed by atoms with E-state index in [4.69, 9.17) is 16.1 Å². The molecule has 3 unspecified atom stereocenters. The fraction of sp³-hybridized carbons (Fsp3) is 0.412. The normalized spacial score (nSPS) is 26.4. The van der Waals surface area contributed by atoms with Crippen molar-refractivity contribution in [2.45, 2.75) is 55.9 Å². The number of nitrogens with zero attached hydrogens (tertiary/aromatic N) is 4. The average Bonchev–Trinajstić information content (AvgIpc) is 3.66. The number of halogens is 3. The Morgan fingerprint density at radius 2 is 1.89 bits per heavy atom. The number of hydrogen-bond acceptors (Lipinski definition) is 7. The van der Waals surface area contributed by atoms with Gasteiger partial charge in [0.1, 0.15) is 35.7 Å². The van der Waals surface area contributed by atoms with Crippen LogP contribution in [0.1, 0.15) is 37.7 Å². The molecule has 0 amide bonds. The van der Waals surface area contributed by atoms with E-state index < -0.39 is 23.3 Å². The third kappa shape index (κ3) is 4.36. The number of terminal acetylenes is 1. The molecule has 3 aromatic carbocycles. The van der Waals surface area contributed by atoms with Gasteiger partial charge in [0.15, 0.2) is 5.82 Å². The lowest BCUT2D eigenvalue weighted by Crippen LogP contribution is -2.51. The first-order valence-corrected chi connectivity index (χ1v) is 15.3. The van der Waals surface area contributed by atoms with Gasteiger partial charge in [0.2, 0.25) is 0 Å². The Balaban J connectivity index is 1.28. The predicted molar refractivity (Wildman–Crippen MR) is 163 cm³/mol. The fourth-order valence-corrected chi connectivity index (χ4v) is 8.04. The summed E-state index contributed by atoms with van der Waals surface area (Å²) in [5, 5.41) is 15.5. The van der Waals surface area contributed by atoms with Crippen molar-refractivity contribution in [1.29, 1.82) is 0 Å². The van der Waals surface area contributed by atoms with Crippen LogP contribution in [-0.2, 0) is 0 Å². The molecular weight excluding hydrogens is 567 g/mol. The van der Waals surface area contributed by atoms with Crippen molar-refractivity contribution in [3.63, 3.8) is 0 Å². The zero-order valence-corrected chi connectivity index (χ0v) is 24.1. The predicted octanol–water partition coefficient (Wildman–Crippen LogP) is 5.31. The van der Waals surface area contributed by atoms with Gasteiger partial charge in [-0.3, -0.25) is 4.90 Å². The molecule has 0 radical (unpaired) electrons. The summed E-state index contributed by atoms with van der Waals surface area (Å²) in [6, 6.07) is 9.65. The lowest BCUT2D eigenvalue weighted by Gasteiger charge is -2.34. The monoisotopic (exact) mass is 599 g/mol. The minimum absolute atomic E-state index is 0.0104. The summed E-state index contributed by atoms with van der Waals surface area (Å²) in [7, 11) is 0. The van der Waals surface area contributed by atoms with Crippen molar-refractivity contribution in [2.24, 2.45) is 0 Å². The van der Waals surface area contributed by atoms with Crippen molar-refractivity contribution in [3.8, 4) is 35.2 Å². The third-order valence-electron chi connectivity index (χ3n) is 10.00. The number of fused-ring (bicyclic) bond motifs is 5. The molecule has 2 bridgehead atoms. The van der Waals surface area contributed by atoms with E-state index in [1.165, 1.54) is 24.3 Å². The van der Waals surface area contributed by atoms with Crippen LogP contribution in [0, 0.1) is 24.0 Å². The molecule has 5 heterocycles. The second-order valence-corrected chi connectivity index (χ2v) is 12.7. The zero-order chi connectivity index (χ0) is 30.2. The Kier molecular flexibility index (Phi) is 6.40. The topological polar surface area (TPSA) is 73.8 Å². The van der Waals surface area contributed by atoms with Gasteiger partial charge in [0, 0.05) is 54.5 Å². The SMILES string of the molecule is C#Cc1c(F)ccc2cc(O)cc(-c3ccc4c(N5CC6CCC(C5)N6)nc(OCC56CCCN5C[C@H](F)C6)nc4c3F)c12. The summed E-state index contributed by atoms with van der Waals surface area (Å²) >= 11 is 0. The van der Waals surface area contributed by atoms with Crippen LogP contribution in [0.25, 0.3) is 32.8 Å². The summed E-state index contributed by atoms with van der Waals surface area (Å²) in [4.78, 5) is 13.7. The van der Waals surface area contributed by atoms with Gasteiger partial charge in [-0.05, 0) is 67.4 Å². The lowest BCUT2D eigenvalue weighted by molar-refractivity contribution is 0.107. The molecular formula is C34H32F3N5O2. The minimum Gasteiger partial charge on any atom is -0.508 e. The summed E-state index contributed by atoms with van der Waals surface area (Å²) < 4.78 is 52.3. The Morgan fingerprint density at radius 3 is 2.68 bits per heavy atom. The summed E-state index contributed by atoms with van der Waals surface area (Å²) in [6.07, 6.45) is 9.10.